The molecule has 0 aliphatic carbocycles. The molecule has 0 heterocycles. The summed E-state index contributed by atoms with van der Waals surface area (Å²) in [5.74, 6) is 0.0860. The molecular weight excluding hydrogens is 626 g/mol. The predicted molar refractivity (Wildman–Crippen MR) is 168 cm³/mol. The average molecular weight is 678 g/mol. The van der Waals surface area contributed by atoms with E-state index in [1.165, 1.54) is 12.1 Å². The minimum atomic E-state index is -0.465. The lowest BCUT2D eigenvalue weighted by atomic mass is 10.3. The SMILES string of the molecule is C=CC(=O)OCCOCCOCCOCCOCCOCCOCCOCCOCCOCCOCCOc1ccc([N+](=O)[O-])cc1. The van der Waals surface area contributed by atoms with Crippen LogP contribution in [0, 0.1) is 10.1 Å². The molecule has 0 aromatic heterocycles. The summed E-state index contributed by atoms with van der Waals surface area (Å²) < 4.78 is 64.4. The highest BCUT2D eigenvalue weighted by molar-refractivity contribution is 5.81. The number of non-ortho nitro benzene ring substituents is 1. The van der Waals surface area contributed by atoms with E-state index in [1.807, 2.05) is 0 Å². The Bertz CT molecular complexity index is 875. The molecule has 0 fully saturated rings. The zero-order chi connectivity index (χ0) is 33.9. The maximum Gasteiger partial charge on any atom is 0.330 e. The summed E-state index contributed by atoms with van der Waals surface area (Å²) in [6, 6.07) is 5.89. The molecular formula is C31H51NO15. The van der Waals surface area contributed by atoms with E-state index in [0.29, 0.717) is 144 Å². The molecule has 0 aliphatic heterocycles. The standard InChI is InChI=1S/C31H51NO15/c1-2-31(33)47-28-26-45-24-22-43-20-18-41-16-14-39-12-10-37-8-7-36-9-11-38-13-15-40-17-19-42-21-23-44-25-27-46-30-5-3-29(4-6-30)32(34)35/h2-6H,1,7-28H2. The van der Waals surface area contributed by atoms with Gasteiger partial charge in [-0.05, 0) is 12.1 Å². The predicted octanol–water partition coefficient (Wildman–Crippen LogP) is 1.87. The van der Waals surface area contributed by atoms with Crippen LogP contribution in [-0.4, -0.2) is 156 Å². The second-order valence-corrected chi connectivity index (χ2v) is 9.09. The van der Waals surface area contributed by atoms with Gasteiger partial charge in [-0.1, -0.05) is 6.58 Å². The van der Waals surface area contributed by atoms with Gasteiger partial charge in [-0.25, -0.2) is 4.79 Å². The van der Waals surface area contributed by atoms with Crippen molar-refractivity contribution < 1.29 is 66.6 Å². The highest BCUT2D eigenvalue weighted by atomic mass is 16.6. The molecule has 1 aromatic rings. The van der Waals surface area contributed by atoms with Crippen LogP contribution in [0.3, 0.4) is 0 Å². The Hall–Kier alpha value is -2.77. The van der Waals surface area contributed by atoms with Crippen molar-refractivity contribution in [3.8, 4) is 5.75 Å². The number of carbonyl (C=O) groups excluding carboxylic acids is 1. The number of rotatable bonds is 36. The normalized spacial score (nSPS) is 11.1. The number of hydrogen-bond donors (Lipinski definition) is 0. The lowest BCUT2D eigenvalue weighted by Crippen LogP contribution is -2.15. The van der Waals surface area contributed by atoms with E-state index in [2.05, 4.69) is 6.58 Å². The molecule has 0 saturated carbocycles. The van der Waals surface area contributed by atoms with E-state index in [1.54, 1.807) is 12.1 Å². The van der Waals surface area contributed by atoms with Gasteiger partial charge in [0, 0.05) is 18.2 Å². The summed E-state index contributed by atoms with van der Waals surface area (Å²) in [6.45, 7) is 12.8. The summed E-state index contributed by atoms with van der Waals surface area (Å²) >= 11 is 0. The van der Waals surface area contributed by atoms with Gasteiger partial charge in [-0.3, -0.25) is 10.1 Å². The Morgan fingerprint density at radius 2 is 0.787 bits per heavy atom. The van der Waals surface area contributed by atoms with E-state index in [9.17, 15) is 14.9 Å². The third-order valence-electron chi connectivity index (χ3n) is 5.53. The maximum absolute atomic E-state index is 10.8. The molecule has 1 rings (SSSR count). The smallest absolute Gasteiger partial charge is 0.330 e. The van der Waals surface area contributed by atoms with E-state index in [0.717, 1.165) is 6.08 Å². The first-order chi connectivity index (χ1) is 23.1. The summed E-state index contributed by atoms with van der Waals surface area (Å²) in [5, 5.41) is 10.6. The highest BCUT2D eigenvalue weighted by Crippen LogP contribution is 2.17. The fraction of sp³-hybridized carbons (Fsp3) is 0.710. The third kappa shape index (κ3) is 29.1. The van der Waals surface area contributed by atoms with Crippen LogP contribution < -0.4 is 4.74 Å². The number of ether oxygens (including phenoxy) is 12. The number of hydrogen-bond acceptors (Lipinski definition) is 15. The first kappa shape index (κ1) is 42.3. The molecule has 0 saturated heterocycles. The largest absolute Gasteiger partial charge is 0.491 e. The molecule has 0 atom stereocenters. The van der Waals surface area contributed by atoms with Gasteiger partial charge < -0.3 is 56.8 Å². The van der Waals surface area contributed by atoms with Crippen molar-refractivity contribution in [2.24, 2.45) is 0 Å². The van der Waals surface area contributed by atoms with Crippen LogP contribution in [0.1, 0.15) is 0 Å². The fourth-order valence-corrected chi connectivity index (χ4v) is 3.22. The second kappa shape index (κ2) is 33.1. The first-order valence-electron chi connectivity index (χ1n) is 15.6. The molecule has 16 heteroatoms. The van der Waals surface area contributed by atoms with Crippen molar-refractivity contribution in [1.29, 1.82) is 0 Å². The second-order valence-electron chi connectivity index (χ2n) is 9.09. The Balaban J connectivity index is 1.65. The van der Waals surface area contributed by atoms with Crippen molar-refractivity contribution in [3.05, 3.63) is 47.0 Å². The molecule has 0 spiro atoms. The van der Waals surface area contributed by atoms with Crippen molar-refractivity contribution >= 4 is 11.7 Å². The van der Waals surface area contributed by atoms with Crippen molar-refractivity contribution in [2.75, 3.05) is 145 Å². The van der Waals surface area contributed by atoms with E-state index < -0.39 is 10.9 Å². The summed E-state index contributed by atoms with van der Waals surface area (Å²) in [7, 11) is 0. The van der Waals surface area contributed by atoms with Crippen LogP contribution in [0.25, 0.3) is 0 Å². The van der Waals surface area contributed by atoms with Gasteiger partial charge >= 0.3 is 5.97 Å². The molecule has 1 aromatic carbocycles. The molecule has 0 N–H and O–H groups in total. The fourth-order valence-electron chi connectivity index (χ4n) is 3.22. The van der Waals surface area contributed by atoms with Crippen molar-refractivity contribution in [2.45, 2.75) is 0 Å². The van der Waals surface area contributed by atoms with E-state index >= 15 is 0 Å². The molecule has 0 amide bonds. The number of nitrogens with zero attached hydrogens (tertiary/aromatic N) is 1. The Kier molecular flexibility index (Phi) is 29.8. The topological polar surface area (TPSA) is 171 Å². The van der Waals surface area contributed by atoms with Crippen LogP contribution >= 0.6 is 0 Å². The number of esters is 1. The van der Waals surface area contributed by atoms with Gasteiger partial charge in [0.15, 0.2) is 0 Å². The van der Waals surface area contributed by atoms with Crippen LogP contribution in [-0.2, 0) is 56.9 Å². The Morgan fingerprint density at radius 3 is 1.06 bits per heavy atom. The first-order valence-corrected chi connectivity index (χ1v) is 15.6. The van der Waals surface area contributed by atoms with Crippen LogP contribution in [0.4, 0.5) is 5.69 Å². The number of nitro benzene ring substituents is 1. The van der Waals surface area contributed by atoms with Gasteiger partial charge in [-0.15, -0.1) is 0 Å². The zero-order valence-electron chi connectivity index (χ0n) is 27.2. The van der Waals surface area contributed by atoms with Gasteiger partial charge in [0.05, 0.1) is 137 Å². The summed E-state index contributed by atoms with van der Waals surface area (Å²) in [4.78, 5) is 21.0. The molecule has 16 nitrogen and oxygen atoms in total. The van der Waals surface area contributed by atoms with Crippen molar-refractivity contribution in [1.82, 2.24) is 0 Å². The molecule has 0 bridgehead atoms. The maximum atomic E-state index is 10.8. The van der Waals surface area contributed by atoms with Gasteiger partial charge in [0.25, 0.3) is 5.69 Å². The van der Waals surface area contributed by atoms with Crippen LogP contribution in [0.5, 0.6) is 5.75 Å². The summed E-state index contributed by atoms with van der Waals surface area (Å²) in [6.07, 6.45) is 1.11. The number of benzene rings is 1. The quantitative estimate of drug-likeness (QED) is 0.0331. The molecule has 0 radical (unpaired) electrons. The summed E-state index contributed by atoms with van der Waals surface area (Å²) in [5.41, 5.74) is 0.0216. The molecule has 270 valence electrons. The van der Waals surface area contributed by atoms with E-state index in [-0.39, 0.29) is 12.3 Å². The zero-order valence-corrected chi connectivity index (χ0v) is 27.2. The average Bonchev–Trinajstić information content (AvgIpc) is 3.08. The van der Waals surface area contributed by atoms with Crippen molar-refractivity contribution in [3.63, 3.8) is 0 Å². The minimum Gasteiger partial charge on any atom is -0.491 e. The number of carbonyl (C=O) groups is 1. The molecule has 47 heavy (non-hydrogen) atoms. The van der Waals surface area contributed by atoms with Crippen LogP contribution in [0.2, 0.25) is 0 Å². The van der Waals surface area contributed by atoms with E-state index in [4.69, 9.17) is 56.8 Å². The van der Waals surface area contributed by atoms with Gasteiger partial charge in [0.1, 0.15) is 19.0 Å². The number of nitro groups is 1. The monoisotopic (exact) mass is 677 g/mol. The minimum absolute atomic E-state index is 0.0216. The van der Waals surface area contributed by atoms with Crippen LogP contribution in [0.15, 0.2) is 36.9 Å². The van der Waals surface area contributed by atoms with Gasteiger partial charge in [0.2, 0.25) is 0 Å². The lowest BCUT2D eigenvalue weighted by molar-refractivity contribution is -0.384. The third-order valence-corrected chi connectivity index (χ3v) is 5.53. The Labute approximate surface area is 276 Å². The highest BCUT2D eigenvalue weighted by Gasteiger charge is 2.04. The Morgan fingerprint density at radius 1 is 0.511 bits per heavy atom. The molecule has 0 aliphatic rings. The van der Waals surface area contributed by atoms with Gasteiger partial charge in [-0.2, -0.15) is 0 Å². The molecule has 0 unspecified atom stereocenters. The lowest BCUT2D eigenvalue weighted by Gasteiger charge is -2.09.